The van der Waals surface area contributed by atoms with Gasteiger partial charge in [0.25, 0.3) is 5.91 Å². The van der Waals surface area contributed by atoms with Crippen molar-refractivity contribution in [3.63, 3.8) is 0 Å². The molecule has 15 heteroatoms. The van der Waals surface area contributed by atoms with Crippen molar-refractivity contribution >= 4 is 45.7 Å². The van der Waals surface area contributed by atoms with E-state index < -0.39 is 23.8 Å². The molecule has 326 valence electrons. The van der Waals surface area contributed by atoms with Gasteiger partial charge in [0.1, 0.15) is 11.6 Å². The van der Waals surface area contributed by atoms with Gasteiger partial charge in [-0.15, -0.1) is 11.3 Å². The molecule has 4 saturated heterocycles. The van der Waals surface area contributed by atoms with Crippen LogP contribution in [-0.2, 0) is 36.6 Å². The van der Waals surface area contributed by atoms with Crippen molar-refractivity contribution in [1.82, 2.24) is 35.6 Å². The largest absolute Gasteiger partial charge is 0.444 e. The van der Waals surface area contributed by atoms with E-state index in [1.807, 2.05) is 18.5 Å². The second-order valence-electron chi connectivity index (χ2n) is 19.5. The Bertz CT molecular complexity index is 2310. The summed E-state index contributed by atoms with van der Waals surface area (Å²) >= 11 is 1.46. The highest BCUT2D eigenvalue weighted by Crippen LogP contribution is 2.43. The van der Waals surface area contributed by atoms with Crippen LogP contribution < -0.4 is 15.6 Å². The Balaban J connectivity index is 1.13. The van der Waals surface area contributed by atoms with E-state index in [2.05, 4.69) is 63.6 Å². The number of methoxy groups -OCH3 is 1. The van der Waals surface area contributed by atoms with Gasteiger partial charge in [0.15, 0.2) is 5.78 Å². The Labute approximate surface area is 362 Å². The molecular formula is C46H60N8O6S. The van der Waals surface area contributed by atoms with Gasteiger partial charge in [0, 0.05) is 79.6 Å². The fourth-order valence-corrected chi connectivity index (χ4v) is 10.7. The van der Waals surface area contributed by atoms with Gasteiger partial charge >= 0.3 is 6.09 Å². The molecule has 6 aliphatic rings. The number of alkyl carbamates (subject to hydrolysis) is 1. The minimum absolute atomic E-state index is 0.0415. The van der Waals surface area contributed by atoms with Crippen molar-refractivity contribution in [2.75, 3.05) is 51.4 Å². The number of nitrogens with one attached hydrogen (secondary N) is 3. The maximum absolute atomic E-state index is 14.4. The lowest BCUT2D eigenvalue weighted by Crippen LogP contribution is -2.71. The SMILES string of the molecule is CO[C@@H](C)c1ncc(N2CCN3CCOC[C@@H]3C2)cc1-c1[nH]c2ccc3cc2c1CC(C)(C)CCC(=O)[C@H]1NN(C(=O)[C@@H](NC(=O)OC(C)(C)C)Cc2nc-3cs2)C2CC1C2. The first-order valence-electron chi connectivity index (χ1n) is 21.9. The Morgan fingerprint density at radius 1 is 1.11 bits per heavy atom. The average Bonchev–Trinajstić information content (AvgIpc) is 3.84. The van der Waals surface area contributed by atoms with Crippen LogP contribution in [-0.4, -0.2) is 119 Å². The number of ketones is 1. The van der Waals surface area contributed by atoms with Gasteiger partial charge in [-0.1, -0.05) is 19.9 Å². The topological polar surface area (TPSA) is 154 Å². The third-order valence-corrected chi connectivity index (χ3v) is 14.3. The fourth-order valence-electron chi connectivity index (χ4n) is 9.84. The van der Waals surface area contributed by atoms with Crippen molar-refractivity contribution in [3.8, 4) is 22.5 Å². The van der Waals surface area contributed by atoms with Gasteiger partial charge in [0.2, 0.25) is 0 Å². The van der Waals surface area contributed by atoms with Gasteiger partial charge in [-0.2, -0.15) is 0 Å². The number of amides is 2. The van der Waals surface area contributed by atoms with E-state index in [4.69, 9.17) is 24.2 Å². The molecule has 8 heterocycles. The number of thiazole rings is 1. The van der Waals surface area contributed by atoms with Crippen molar-refractivity contribution < 1.29 is 28.6 Å². The van der Waals surface area contributed by atoms with Crippen molar-refractivity contribution in [2.24, 2.45) is 11.3 Å². The van der Waals surface area contributed by atoms with E-state index in [9.17, 15) is 14.4 Å². The van der Waals surface area contributed by atoms with Crippen LogP contribution in [0.2, 0.25) is 0 Å². The number of benzene rings is 1. The second-order valence-corrected chi connectivity index (χ2v) is 20.4. The van der Waals surface area contributed by atoms with E-state index in [0.29, 0.717) is 30.3 Å². The number of aromatic amines is 1. The van der Waals surface area contributed by atoms with E-state index in [-0.39, 0.29) is 41.6 Å². The molecule has 1 saturated carbocycles. The number of anilines is 1. The van der Waals surface area contributed by atoms with Gasteiger partial charge < -0.3 is 29.4 Å². The molecule has 5 aliphatic heterocycles. The molecule has 1 aromatic carbocycles. The third kappa shape index (κ3) is 8.56. The molecule has 4 atom stereocenters. The highest BCUT2D eigenvalue weighted by molar-refractivity contribution is 7.10. The molecule has 8 bridgehead atoms. The molecule has 1 aliphatic carbocycles. The number of pyridine rings is 1. The summed E-state index contributed by atoms with van der Waals surface area (Å²) in [4.78, 5) is 60.7. The zero-order chi connectivity index (χ0) is 42.8. The Morgan fingerprint density at radius 2 is 1.93 bits per heavy atom. The van der Waals surface area contributed by atoms with Crippen molar-refractivity contribution in [1.29, 1.82) is 0 Å². The lowest BCUT2D eigenvalue weighted by atomic mass is 9.70. The number of morpholine rings is 1. The van der Waals surface area contributed by atoms with E-state index in [1.54, 1.807) is 32.9 Å². The molecule has 14 nitrogen and oxygen atoms in total. The molecule has 0 spiro atoms. The summed E-state index contributed by atoms with van der Waals surface area (Å²) in [6.45, 7) is 17.2. The molecule has 10 rings (SSSR count). The lowest BCUT2D eigenvalue weighted by Gasteiger charge is -2.53. The van der Waals surface area contributed by atoms with Gasteiger partial charge in [0.05, 0.1) is 65.4 Å². The summed E-state index contributed by atoms with van der Waals surface area (Å²) in [7, 11) is 1.72. The van der Waals surface area contributed by atoms with Gasteiger partial charge in [-0.25, -0.2) is 15.2 Å². The normalized spacial score (nSPS) is 26.3. The number of nitrogens with zero attached hydrogens (tertiary/aromatic N) is 5. The smallest absolute Gasteiger partial charge is 0.408 e. The number of carbonyl (C=O) groups is 3. The van der Waals surface area contributed by atoms with Crippen LogP contribution in [0.3, 0.4) is 0 Å². The maximum atomic E-state index is 14.4. The zero-order valence-electron chi connectivity index (χ0n) is 36.5. The van der Waals surface area contributed by atoms with Crippen LogP contribution in [0.5, 0.6) is 0 Å². The summed E-state index contributed by atoms with van der Waals surface area (Å²) in [5.74, 6) is -0.0152. The van der Waals surface area contributed by atoms with Crippen LogP contribution in [0.4, 0.5) is 10.5 Å². The number of hydrogen-bond acceptors (Lipinski definition) is 12. The number of Topliss-reactive ketones (excluding diaryl/α,β-unsaturated/α-hetero) is 1. The lowest BCUT2D eigenvalue weighted by molar-refractivity contribution is -0.158. The Hall–Kier alpha value is -4.41. The van der Waals surface area contributed by atoms with Crippen molar-refractivity contribution in [3.05, 3.63) is 52.1 Å². The summed E-state index contributed by atoms with van der Waals surface area (Å²) in [6, 6.07) is 7.58. The monoisotopic (exact) mass is 852 g/mol. The minimum Gasteiger partial charge on any atom is -0.444 e. The summed E-state index contributed by atoms with van der Waals surface area (Å²) in [6.07, 6.45) is 4.47. The first-order valence-corrected chi connectivity index (χ1v) is 22.8. The molecule has 61 heavy (non-hydrogen) atoms. The molecule has 4 aromatic rings. The first kappa shape index (κ1) is 41.9. The van der Waals surface area contributed by atoms with E-state index in [0.717, 1.165) is 103 Å². The molecule has 3 aromatic heterocycles. The zero-order valence-corrected chi connectivity index (χ0v) is 37.3. The highest BCUT2D eigenvalue weighted by atomic mass is 32.1. The summed E-state index contributed by atoms with van der Waals surface area (Å²) < 4.78 is 17.4. The van der Waals surface area contributed by atoms with Crippen LogP contribution in [0.15, 0.2) is 35.8 Å². The Morgan fingerprint density at radius 3 is 2.72 bits per heavy atom. The van der Waals surface area contributed by atoms with E-state index in [1.165, 1.54) is 11.3 Å². The number of ether oxygens (including phenoxy) is 3. The van der Waals surface area contributed by atoms with Crippen LogP contribution in [0, 0.1) is 11.3 Å². The molecular weight excluding hydrogens is 793 g/mol. The van der Waals surface area contributed by atoms with Gasteiger partial charge in [-0.3, -0.25) is 24.5 Å². The standard InChI is InChI=1S/C46H60N8O6S/c1-26(58-7)40-33(19-30(22-47-40)53-13-12-52-14-15-59-24-31(52)23-53)42-34-21-46(5,6)11-10-38(55)41-28-16-29(17-28)54(51-41)43(56)36(50-44(57)60-45(2,3)4)20-39-48-37(25-61-39)27-8-9-35(49-42)32(34)18-27/h8-9,18-19,22,25-26,28-29,31,36,41,49,51H,10-17,20-21,23-24H2,1-7H3,(H,50,57)/t26-,28?,29?,31-,36-,41-/m0/s1. The molecule has 3 N–H and O–H groups in total. The van der Waals surface area contributed by atoms with Gasteiger partial charge in [-0.05, 0) is 88.5 Å². The number of piperazine rings is 1. The van der Waals surface area contributed by atoms with Crippen LogP contribution >= 0.6 is 11.3 Å². The summed E-state index contributed by atoms with van der Waals surface area (Å²) in [5.41, 5.74) is 10.2. The average molecular weight is 853 g/mol. The molecule has 0 radical (unpaired) electrons. The molecule has 2 amide bonds. The molecule has 5 fully saturated rings. The number of aromatic nitrogens is 3. The Kier molecular flexibility index (Phi) is 11.3. The number of fused-ring (bicyclic) bond motifs is 5. The number of rotatable bonds is 5. The summed E-state index contributed by atoms with van der Waals surface area (Å²) in [5, 5.41) is 8.28. The quantitative estimate of drug-likeness (QED) is 0.203. The number of hydrogen-bond donors (Lipinski definition) is 3. The van der Waals surface area contributed by atoms with E-state index >= 15 is 0 Å². The maximum Gasteiger partial charge on any atom is 0.408 e. The van der Waals surface area contributed by atoms with Crippen molar-refractivity contribution in [2.45, 2.75) is 116 Å². The molecule has 0 unspecified atom stereocenters. The highest BCUT2D eigenvalue weighted by Gasteiger charge is 2.50. The predicted molar refractivity (Wildman–Crippen MR) is 235 cm³/mol. The third-order valence-electron chi connectivity index (χ3n) is 13.4. The second kappa shape index (κ2) is 16.4. The minimum atomic E-state index is -0.943. The fraction of sp³-hybridized carbons (Fsp3) is 0.587. The van der Waals surface area contributed by atoms with Crippen LogP contribution in [0.25, 0.3) is 33.4 Å². The predicted octanol–water partition coefficient (Wildman–Crippen LogP) is 6.44. The first-order chi connectivity index (χ1) is 29.1. The number of hydrazine groups is 1. The number of carbonyl (C=O) groups excluding carboxylic acids is 3. The number of H-pyrrole nitrogens is 1. The van der Waals surface area contributed by atoms with Crippen LogP contribution in [0.1, 0.15) is 89.6 Å².